The van der Waals surface area contributed by atoms with Crippen molar-refractivity contribution in [3.05, 3.63) is 64.7 Å². The first-order chi connectivity index (χ1) is 10.2. The van der Waals surface area contributed by atoms with Gasteiger partial charge >= 0.3 is 0 Å². The molecule has 0 saturated carbocycles. The van der Waals surface area contributed by atoms with Crippen molar-refractivity contribution in [2.24, 2.45) is 0 Å². The van der Waals surface area contributed by atoms with E-state index in [1.54, 1.807) is 20.3 Å². The molecule has 0 N–H and O–H groups in total. The normalized spacial score (nSPS) is 15.1. The number of ketones is 1. The smallest absolute Gasteiger partial charge is 0.189 e. The second-order valence-corrected chi connectivity index (χ2v) is 4.95. The van der Waals surface area contributed by atoms with Crippen LogP contribution < -0.4 is 9.47 Å². The van der Waals surface area contributed by atoms with Gasteiger partial charge in [-0.3, -0.25) is 4.79 Å². The van der Waals surface area contributed by atoms with Crippen molar-refractivity contribution >= 4 is 11.9 Å². The van der Waals surface area contributed by atoms with Gasteiger partial charge in [-0.25, -0.2) is 0 Å². The summed E-state index contributed by atoms with van der Waals surface area (Å²) in [6.45, 7) is 0. The van der Waals surface area contributed by atoms with Crippen LogP contribution in [-0.2, 0) is 6.42 Å². The number of allylic oxidation sites excluding steroid dienone is 1. The number of rotatable bonds is 3. The number of carbonyl (C=O) groups excluding carboxylic acids is 1. The third kappa shape index (κ3) is 2.42. The van der Waals surface area contributed by atoms with Crippen LogP contribution in [0.25, 0.3) is 6.08 Å². The number of carbonyl (C=O) groups is 1. The molecular weight excluding hydrogens is 264 g/mol. The van der Waals surface area contributed by atoms with Crippen LogP contribution in [0.15, 0.2) is 48.0 Å². The van der Waals surface area contributed by atoms with Gasteiger partial charge < -0.3 is 9.47 Å². The second-order valence-electron chi connectivity index (χ2n) is 4.95. The number of fused-ring (bicyclic) bond motifs is 1. The summed E-state index contributed by atoms with van der Waals surface area (Å²) in [5.41, 5.74) is 3.52. The van der Waals surface area contributed by atoms with Crippen molar-refractivity contribution in [1.82, 2.24) is 0 Å². The van der Waals surface area contributed by atoms with Crippen LogP contribution in [0.3, 0.4) is 0 Å². The Balaban J connectivity index is 2.01. The molecule has 2 aromatic carbocycles. The lowest BCUT2D eigenvalue weighted by atomic mass is 10.1. The summed E-state index contributed by atoms with van der Waals surface area (Å²) >= 11 is 0. The highest BCUT2D eigenvalue weighted by Crippen LogP contribution is 2.36. The Hall–Kier alpha value is -2.55. The molecule has 0 heterocycles. The molecule has 1 aliphatic carbocycles. The Labute approximate surface area is 123 Å². The van der Waals surface area contributed by atoms with E-state index < -0.39 is 0 Å². The second kappa shape index (κ2) is 5.44. The fourth-order valence-corrected chi connectivity index (χ4v) is 2.60. The molecule has 3 nitrogen and oxygen atoms in total. The van der Waals surface area contributed by atoms with Crippen molar-refractivity contribution in [3.63, 3.8) is 0 Å². The fourth-order valence-electron chi connectivity index (χ4n) is 2.60. The topological polar surface area (TPSA) is 35.5 Å². The number of ether oxygens (including phenoxy) is 2. The molecule has 2 aromatic rings. The Morgan fingerprint density at radius 2 is 1.67 bits per heavy atom. The molecule has 21 heavy (non-hydrogen) atoms. The number of methoxy groups -OCH3 is 2. The summed E-state index contributed by atoms with van der Waals surface area (Å²) < 4.78 is 10.6. The third-order valence-corrected chi connectivity index (χ3v) is 3.67. The van der Waals surface area contributed by atoms with Crippen molar-refractivity contribution < 1.29 is 14.3 Å². The zero-order valence-electron chi connectivity index (χ0n) is 12.1. The molecule has 0 bridgehead atoms. The largest absolute Gasteiger partial charge is 0.493 e. The molecule has 0 unspecified atom stereocenters. The van der Waals surface area contributed by atoms with Crippen molar-refractivity contribution in [1.29, 1.82) is 0 Å². The van der Waals surface area contributed by atoms with Gasteiger partial charge in [0.15, 0.2) is 17.3 Å². The van der Waals surface area contributed by atoms with E-state index in [0.717, 1.165) is 16.7 Å². The molecule has 0 atom stereocenters. The van der Waals surface area contributed by atoms with Crippen molar-refractivity contribution in [3.8, 4) is 11.5 Å². The van der Waals surface area contributed by atoms with Gasteiger partial charge in [-0.05, 0) is 29.3 Å². The van der Waals surface area contributed by atoms with E-state index in [-0.39, 0.29) is 5.78 Å². The standard InChI is InChI=1S/C18H16O3/c1-20-16-10-13-9-14(8-12-6-4-3-5-7-12)18(19)15(13)11-17(16)21-2/h3-8,10-11H,9H2,1-2H3/b14-8+. The minimum atomic E-state index is 0.0646. The third-order valence-electron chi connectivity index (χ3n) is 3.67. The Bertz CT molecular complexity index is 715. The van der Waals surface area contributed by atoms with Crippen LogP contribution in [0.2, 0.25) is 0 Å². The SMILES string of the molecule is COc1cc2c(cc1OC)C(=O)/C(=C/c1ccccc1)C2. The first-order valence-electron chi connectivity index (χ1n) is 6.78. The Kier molecular flexibility index (Phi) is 3.48. The molecular formula is C18H16O3. The molecule has 3 rings (SSSR count). The number of hydrogen-bond donors (Lipinski definition) is 0. The van der Waals surface area contributed by atoms with E-state index in [4.69, 9.17) is 9.47 Å². The zero-order chi connectivity index (χ0) is 14.8. The predicted octanol–water partition coefficient (Wildman–Crippen LogP) is 3.53. The quantitative estimate of drug-likeness (QED) is 0.807. The van der Waals surface area contributed by atoms with Crippen molar-refractivity contribution in [2.75, 3.05) is 14.2 Å². The predicted molar refractivity (Wildman–Crippen MR) is 82.0 cm³/mol. The van der Waals surface area contributed by atoms with E-state index in [1.807, 2.05) is 42.5 Å². The highest BCUT2D eigenvalue weighted by molar-refractivity contribution is 6.15. The van der Waals surface area contributed by atoms with E-state index in [2.05, 4.69) is 0 Å². The summed E-state index contributed by atoms with van der Waals surface area (Å²) in [6.07, 6.45) is 2.57. The van der Waals surface area contributed by atoms with E-state index in [9.17, 15) is 4.79 Å². The molecule has 0 aromatic heterocycles. The molecule has 0 aliphatic heterocycles. The van der Waals surface area contributed by atoms with Gasteiger partial charge in [-0.1, -0.05) is 30.3 Å². The van der Waals surface area contributed by atoms with Gasteiger partial charge in [-0.15, -0.1) is 0 Å². The van der Waals surface area contributed by atoms with E-state index >= 15 is 0 Å². The molecule has 0 radical (unpaired) electrons. The lowest BCUT2D eigenvalue weighted by molar-refractivity contribution is 0.104. The lowest BCUT2D eigenvalue weighted by Crippen LogP contribution is -1.97. The van der Waals surface area contributed by atoms with Gasteiger partial charge in [-0.2, -0.15) is 0 Å². The molecule has 0 fully saturated rings. The maximum atomic E-state index is 12.5. The number of Topliss-reactive ketones (excluding diaryl/α,β-unsaturated/α-hetero) is 1. The van der Waals surface area contributed by atoms with Gasteiger partial charge in [0.2, 0.25) is 0 Å². The summed E-state index contributed by atoms with van der Waals surface area (Å²) in [4.78, 5) is 12.5. The number of benzene rings is 2. The maximum absolute atomic E-state index is 12.5. The highest BCUT2D eigenvalue weighted by atomic mass is 16.5. The summed E-state index contributed by atoms with van der Waals surface area (Å²) in [5.74, 6) is 1.31. The summed E-state index contributed by atoms with van der Waals surface area (Å²) in [7, 11) is 3.17. The minimum absolute atomic E-state index is 0.0646. The molecule has 106 valence electrons. The number of hydrogen-bond acceptors (Lipinski definition) is 3. The molecule has 0 amide bonds. The lowest BCUT2D eigenvalue weighted by Gasteiger charge is -2.08. The fraction of sp³-hybridized carbons (Fsp3) is 0.167. The first-order valence-corrected chi connectivity index (χ1v) is 6.78. The molecule has 0 spiro atoms. The molecule has 3 heteroatoms. The maximum Gasteiger partial charge on any atom is 0.189 e. The van der Waals surface area contributed by atoms with Crippen LogP contribution in [0.1, 0.15) is 21.5 Å². The van der Waals surface area contributed by atoms with Crippen molar-refractivity contribution in [2.45, 2.75) is 6.42 Å². The van der Waals surface area contributed by atoms with Gasteiger partial charge in [0, 0.05) is 17.6 Å². The van der Waals surface area contributed by atoms with Crippen LogP contribution in [0.4, 0.5) is 0 Å². The van der Waals surface area contributed by atoms with E-state index in [1.165, 1.54) is 0 Å². The average Bonchev–Trinajstić information content (AvgIpc) is 2.82. The highest BCUT2D eigenvalue weighted by Gasteiger charge is 2.27. The van der Waals surface area contributed by atoms with Gasteiger partial charge in [0.25, 0.3) is 0 Å². The van der Waals surface area contributed by atoms with Crippen LogP contribution in [-0.4, -0.2) is 20.0 Å². The van der Waals surface area contributed by atoms with Crippen LogP contribution in [0.5, 0.6) is 11.5 Å². The van der Waals surface area contributed by atoms with Gasteiger partial charge in [0.05, 0.1) is 14.2 Å². The average molecular weight is 280 g/mol. The molecule has 1 aliphatic rings. The zero-order valence-corrected chi connectivity index (χ0v) is 12.1. The first kappa shape index (κ1) is 13.4. The van der Waals surface area contributed by atoms with Crippen LogP contribution in [0, 0.1) is 0 Å². The summed E-state index contributed by atoms with van der Waals surface area (Å²) in [5, 5.41) is 0. The van der Waals surface area contributed by atoms with E-state index in [0.29, 0.717) is 23.5 Å². The minimum Gasteiger partial charge on any atom is -0.493 e. The Morgan fingerprint density at radius 3 is 2.33 bits per heavy atom. The Morgan fingerprint density at radius 1 is 1.00 bits per heavy atom. The van der Waals surface area contributed by atoms with Crippen LogP contribution >= 0.6 is 0 Å². The monoisotopic (exact) mass is 280 g/mol. The summed E-state index contributed by atoms with van der Waals surface area (Å²) in [6, 6.07) is 13.5. The van der Waals surface area contributed by atoms with Gasteiger partial charge in [0.1, 0.15) is 0 Å². The molecule has 0 saturated heterocycles.